The molecule has 186 valence electrons. The molecule has 0 saturated heterocycles. The predicted octanol–water partition coefficient (Wildman–Crippen LogP) is 6.80. The first kappa shape index (κ1) is 23.7. The average molecular weight is 487 g/mol. The van der Waals surface area contributed by atoms with Gasteiger partial charge in [-0.3, -0.25) is 9.78 Å². The monoisotopic (exact) mass is 486 g/mol. The fourth-order valence-corrected chi connectivity index (χ4v) is 5.56. The quantitative estimate of drug-likeness (QED) is 0.373. The number of benzene rings is 1. The number of ether oxygens (including phenoxy) is 2. The number of esters is 1. The van der Waals surface area contributed by atoms with Crippen LogP contribution in [-0.4, -0.2) is 22.5 Å². The molecule has 0 aliphatic heterocycles. The Morgan fingerprint density at radius 1 is 1.17 bits per heavy atom. The zero-order valence-electron chi connectivity index (χ0n) is 19.7. The summed E-state index contributed by atoms with van der Waals surface area (Å²) in [6, 6.07) is 6.82. The van der Waals surface area contributed by atoms with E-state index in [2.05, 4.69) is 9.97 Å². The summed E-state index contributed by atoms with van der Waals surface area (Å²) in [5.74, 6) is 0.374. The molecule has 5 rings (SSSR count). The Morgan fingerprint density at radius 2 is 1.97 bits per heavy atom. The number of hydrogen-bond acceptors (Lipinski definition) is 4. The van der Waals surface area contributed by atoms with E-state index in [1.165, 1.54) is 17.8 Å². The Morgan fingerprint density at radius 3 is 2.71 bits per heavy atom. The number of fused-ring (bicyclic) bond motifs is 3. The summed E-state index contributed by atoms with van der Waals surface area (Å²) in [5, 5.41) is 1.02. The smallest absolute Gasteiger partial charge is 0.418 e. The van der Waals surface area contributed by atoms with E-state index in [1.54, 1.807) is 13.0 Å². The Kier molecular flexibility index (Phi) is 6.47. The Balaban J connectivity index is 1.33. The Hall–Kier alpha value is -3.03. The summed E-state index contributed by atoms with van der Waals surface area (Å²) < 4.78 is 52.2. The molecule has 35 heavy (non-hydrogen) atoms. The van der Waals surface area contributed by atoms with Gasteiger partial charge in [0.25, 0.3) is 0 Å². The molecule has 0 radical (unpaired) electrons. The van der Waals surface area contributed by atoms with Crippen molar-refractivity contribution >= 4 is 16.9 Å². The number of H-pyrrole nitrogens is 1. The molecule has 8 heteroatoms. The van der Waals surface area contributed by atoms with Crippen molar-refractivity contribution in [2.45, 2.75) is 76.5 Å². The van der Waals surface area contributed by atoms with Crippen LogP contribution in [0.1, 0.15) is 85.4 Å². The van der Waals surface area contributed by atoms with E-state index in [0.29, 0.717) is 24.3 Å². The third-order valence-corrected chi connectivity index (χ3v) is 7.21. The summed E-state index contributed by atoms with van der Waals surface area (Å²) in [7, 11) is 0. The number of nitrogens with zero attached hydrogens (tertiary/aromatic N) is 1. The minimum atomic E-state index is -4.44. The molecule has 5 nitrogen and oxygen atoms in total. The van der Waals surface area contributed by atoms with Crippen LogP contribution < -0.4 is 4.74 Å². The number of carbonyl (C=O) groups excluding carboxylic acids is 1. The molecule has 2 aromatic heterocycles. The van der Waals surface area contributed by atoms with Crippen molar-refractivity contribution in [3.8, 4) is 5.75 Å². The topological polar surface area (TPSA) is 64.2 Å². The van der Waals surface area contributed by atoms with Gasteiger partial charge in [0, 0.05) is 40.2 Å². The number of rotatable bonds is 7. The number of nitrogens with one attached hydrogen (secondary N) is 1. The van der Waals surface area contributed by atoms with Gasteiger partial charge in [-0.2, -0.15) is 13.2 Å². The normalized spacial score (nSPS) is 18.2. The molecule has 1 unspecified atom stereocenters. The van der Waals surface area contributed by atoms with E-state index in [0.717, 1.165) is 55.1 Å². The van der Waals surface area contributed by atoms with Crippen LogP contribution >= 0.6 is 0 Å². The third kappa shape index (κ3) is 4.88. The van der Waals surface area contributed by atoms with E-state index in [1.807, 2.05) is 12.1 Å². The standard InChI is InChI=1S/C27H29F3N2O3/c1-2-34-24(33)12-18-7-9-20-21-13-19(8-10-23(21)32-25(18)20)35-15-16-11-22(27(28,29)30)26(31-14-16)17-5-3-4-6-17/h8,10-11,13-14,17-18,32H,2-7,9,12,15H2,1H3. The van der Waals surface area contributed by atoms with Crippen LogP contribution in [-0.2, 0) is 28.7 Å². The fraction of sp³-hybridized carbons (Fsp3) is 0.481. The lowest BCUT2D eigenvalue weighted by Crippen LogP contribution is -2.14. The molecule has 1 atom stereocenters. The summed E-state index contributed by atoms with van der Waals surface area (Å²) in [4.78, 5) is 19.6. The van der Waals surface area contributed by atoms with Gasteiger partial charge in [-0.25, -0.2) is 0 Å². The van der Waals surface area contributed by atoms with Crippen molar-refractivity contribution in [2.24, 2.45) is 0 Å². The summed E-state index contributed by atoms with van der Waals surface area (Å²) in [5.41, 5.74) is 3.11. The van der Waals surface area contributed by atoms with E-state index >= 15 is 0 Å². The van der Waals surface area contributed by atoms with Crippen molar-refractivity contribution < 1.29 is 27.4 Å². The molecule has 3 aromatic rings. The van der Waals surface area contributed by atoms with Crippen molar-refractivity contribution in [3.05, 3.63) is 58.5 Å². The van der Waals surface area contributed by atoms with Gasteiger partial charge in [-0.05, 0) is 62.4 Å². The number of halogens is 3. The maximum absolute atomic E-state index is 13.8. The number of alkyl halides is 3. The molecular weight excluding hydrogens is 457 g/mol. The third-order valence-electron chi connectivity index (χ3n) is 7.21. The van der Waals surface area contributed by atoms with Gasteiger partial charge in [0.05, 0.1) is 24.3 Å². The maximum atomic E-state index is 13.8. The first-order chi connectivity index (χ1) is 16.8. The van der Waals surface area contributed by atoms with E-state index in [9.17, 15) is 18.0 Å². The van der Waals surface area contributed by atoms with Crippen LogP contribution in [0.25, 0.3) is 10.9 Å². The van der Waals surface area contributed by atoms with Crippen molar-refractivity contribution in [1.82, 2.24) is 9.97 Å². The first-order valence-corrected chi connectivity index (χ1v) is 12.3. The zero-order valence-corrected chi connectivity index (χ0v) is 19.7. The summed E-state index contributed by atoms with van der Waals surface area (Å²) in [6.07, 6.45) is 2.56. The van der Waals surface area contributed by atoms with Crippen LogP contribution in [0.2, 0.25) is 0 Å². The largest absolute Gasteiger partial charge is 0.489 e. The van der Waals surface area contributed by atoms with Gasteiger partial charge in [0.2, 0.25) is 0 Å². The van der Waals surface area contributed by atoms with E-state index < -0.39 is 11.7 Å². The van der Waals surface area contributed by atoms with Gasteiger partial charge in [0.1, 0.15) is 12.4 Å². The number of pyridine rings is 1. The predicted molar refractivity (Wildman–Crippen MR) is 125 cm³/mol. The highest BCUT2D eigenvalue weighted by molar-refractivity contribution is 5.87. The van der Waals surface area contributed by atoms with Gasteiger partial charge in [-0.1, -0.05) is 12.8 Å². The van der Waals surface area contributed by atoms with Crippen LogP contribution in [0.15, 0.2) is 30.5 Å². The molecule has 0 spiro atoms. The molecule has 2 heterocycles. The van der Waals surface area contributed by atoms with Crippen LogP contribution in [0.5, 0.6) is 5.75 Å². The highest BCUT2D eigenvalue weighted by Crippen LogP contribution is 2.42. The van der Waals surface area contributed by atoms with Gasteiger partial charge < -0.3 is 14.5 Å². The van der Waals surface area contributed by atoms with Gasteiger partial charge in [-0.15, -0.1) is 0 Å². The summed E-state index contributed by atoms with van der Waals surface area (Å²) in [6.45, 7) is 2.17. The number of aryl methyl sites for hydroxylation is 1. The second-order valence-electron chi connectivity index (χ2n) is 9.51. The van der Waals surface area contributed by atoms with Gasteiger partial charge >= 0.3 is 12.1 Å². The lowest BCUT2D eigenvalue weighted by Gasteiger charge is -2.18. The van der Waals surface area contributed by atoms with E-state index in [4.69, 9.17) is 9.47 Å². The van der Waals surface area contributed by atoms with Crippen LogP contribution in [0.3, 0.4) is 0 Å². The Labute approximate surface area is 202 Å². The van der Waals surface area contributed by atoms with E-state index in [-0.39, 0.29) is 30.1 Å². The molecule has 0 amide bonds. The second kappa shape index (κ2) is 9.55. The lowest BCUT2D eigenvalue weighted by molar-refractivity contribution is -0.143. The molecule has 1 fully saturated rings. The van der Waals surface area contributed by atoms with Crippen molar-refractivity contribution in [1.29, 1.82) is 0 Å². The molecule has 2 aliphatic carbocycles. The molecule has 2 aliphatic rings. The van der Waals surface area contributed by atoms with Gasteiger partial charge in [0.15, 0.2) is 0 Å². The highest BCUT2D eigenvalue weighted by atomic mass is 19.4. The highest BCUT2D eigenvalue weighted by Gasteiger charge is 2.37. The second-order valence-corrected chi connectivity index (χ2v) is 9.51. The first-order valence-electron chi connectivity index (χ1n) is 12.3. The Bertz CT molecular complexity index is 1230. The molecule has 1 aromatic carbocycles. The number of hydrogen-bond donors (Lipinski definition) is 1. The number of aromatic amines is 1. The summed E-state index contributed by atoms with van der Waals surface area (Å²) >= 11 is 0. The van der Waals surface area contributed by atoms with Crippen LogP contribution in [0.4, 0.5) is 13.2 Å². The number of carbonyl (C=O) groups is 1. The number of aromatic nitrogens is 2. The fourth-order valence-electron chi connectivity index (χ4n) is 5.56. The average Bonchev–Trinajstić information content (AvgIpc) is 3.55. The minimum absolute atomic E-state index is 0.00459. The van der Waals surface area contributed by atoms with Crippen LogP contribution in [0, 0.1) is 0 Å². The minimum Gasteiger partial charge on any atom is -0.489 e. The zero-order chi connectivity index (χ0) is 24.6. The molecular formula is C27H29F3N2O3. The lowest BCUT2D eigenvalue weighted by atomic mass is 9.97. The van der Waals surface area contributed by atoms with Crippen molar-refractivity contribution in [3.63, 3.8) is 0 Å². The SMILES string of the molecule is CCOC(=O)CC1CCc2c1[nH]c1ccc(OCc3cnc(C4CCCC4)c(C(F)(F)F)c3)cc21. The molecule has 1 N–H and O–H groups in total. The maximum Gasteiger partial charge on any atom is 0.418 e. The van der Waals surface area contributed by atoms with Crippen molar-refractivity contribution in [2.75, 3.05) is 6.61 Å². The molecule has 1 saturated carbocycles. The molecule has 0 bridgehead atoms.